The average Bonchev–Trinajstić information content (AvgIpc) is 3.08. The summed E-state index contributed by atoms with van der Waals surface area (Å²) in [5, 5.41) is 20.7. The first-order valence-electron chi connectivity index (χ1n) is 12.5. The number of carboxylic acids is 1. The molecule has 5 rings (SSSR count). The maximum Gasteiger partial charge on any atom is 0.305 e. The minimum Gasteiger partial charge on any atom is -0.481 e. The van der Waals surface area contributed by atoms with E-state index in [4.69, 9.17) is 34.0 Å². The summed E-state index contributed by atoms with van der Waals surface area (Å²) in [7, 11) is 0. The topological polar surface area (TPSA) is 113 Å². The number of carboxylic acid groups (broad SMARTS) is 1. The van der Waals surface area contributed by atoms with Crippen LogP contribution in [-0.2, 0) is 9.59 Å². The predicted molar refractivity (Wildman–Crippen MR) is 158 cm³/mol. The van der Waals surface area contributed by atoms with E-state index in [1.807, 2.05) is 0 Å². The summed E-state index contributed by atoms with van der Waals surface area (Å²) >= 11 is 12.8. The van der Waals surface area contributed by atoms with E-state index in [0.717, 1.165) is 23.9 Å². The molecule has 0 aromatic heterocycles. The number of nitrogens with one attached hydrogen (secondary N) is 1. The Morgan fingerprint density at radius 2 is 1.51 bits per heavy atom. The molecule has 4 aromatic rings. The van der Waals surface area contributed by atoms with Gasteiger partial charge in [0.05, 0.1) is 16.9 Å². The molecular weight excluding hydrogens is 631 g/mol. The molecule has 0 radical (unpaired) electrons. The Morgan fingerprint density at radius 3 is 2.21 bits per heavy atom. The lowest BCUT2D eigenvalue weighted by Crippen LogP contribution is -2.26. The predicted octanol–water partition coefficient (Wildman–Crippen LogP) is 7.52. The van der Waals surface area contributed by atoms with Crippen molar-refractivity contribution in [1.82, 2.24) is 0 Å². The number of fused-ring (bicyclic) bond motifs is 1. The Bertz CT molecular complexity index is 1690. The molecule has 4 aromatic carbocycles. The number of amides is 1. The fraction of sp³-hybridized carbons (Fsp3) is 0.133. The minimum absolute atomic E-state index is 0.0282. The summed E-state index contributed by atoms with van der Waals surface area (Å²) in [4.78, 5) is 23.4. The number of hydrogen-bond acceptors (Lipinski definition) is 5. The van der Waals surface area contributed by atoms with Crippen LogP contribution in [0.5, 0.6) is 0 Å². The number of anilines is 2. The van der Waals surface area contributed by atoms with Gasteiger partial charge in [0, 0.05) is 38.1 Å². The quantitative estimate of drug-likeness (QED) is 0.131. The third-order valence-electron chi connectivity index (χ3n) is 6.39. The van der Waals surface area contributed by atoms with E-state index in [-0.39, 0.29) is 22.4 Å². The van der Waals surface area contributed by atoms with Gasteiger partial charge in [-0.1, -0.05) is 47.5 Å². The van der Waals surface area contributed by atoms with Crippen molar-refractivity contribution in [3.63, 3.8) is 0 Å². The van der Waals surface area contributed by atoms with E-state index >= 15 is 0 Å². The number of aliphatic carboxylic acids is 1. The Labute approximate surface area is 257 Å². The highest BCUT2D eigenvalue weighted by molar-refractivity contribution is 8.01. The van der Waals surface area contributed by atoms with E-state index < -0.39 is 58.2 Å². The van der Waals surface area contributed by atoms with Crippen molar-refractivity contribution in [3.8, 4) is 0 Å². The number of aliphatic hydroxyl groups excluding tert-OH is 1. The summed E-state index contributed by atoms with van der Waals surface area (Å²) in [6.45, 7) is 0. The lowest BCUT2D eigenvalue weighted by Gasteiger charge is -2.20. The van der Waals surface area contributed by atoms with Crippen molar-refractivity contribution in [2.24, 2.45) is 0 Å². The van der Waals surface area contributed by atoms with Crippen LogP contribution in [0.25, 0.3) is 0 Å². The lowest BCUT2D eigenvalue weighted by molar-refractivity contribution is -0.138. The van der Waals surface area contributed by atoms with Gasteiger partial charge in [-0.25, -0.2) is 17.6 Å². The number of carbonyl (C=O) groups is 2. The van der Waals surface area contributed by atoms with E-state index in [1.54, 1.807) is 24.3 Å². The van der Waals surface area contributed by atoms with Gasteiger partial charge in [-0.2, -0.15) is 0 Å². The zero-order chi connectivity index (χ0) is 31.4. The number of nitrogen functional groups attached to an aromatic ring is 1. The highest BCUT2D eigenvalue weighted by atomic mass is 35.5. The highest BCUT2D eigenvalue weighted by Gasteiger charge is 2.34. The maximum atomic E-state index is 14.4. The summed E-state index contributed by atoms with van der Waals surface area (Å²) in [5.74, 6) is -5.82. The smallest absolute Gasteiger partial charge is 0.305 e. The van der Waals surface area contributed by atoms with Crippen LogP contribution in [0.1, 0.15) is 40.0 Å². The van der Waals surface area contributed by atoms with Gasteiger partial charge in [-0.3, -0.25) is 9.59 Å². The number of hydrogen-bond donors (Lipinski definition) is 4. The van der Waals surface area contributed by atoms with E-state index in [1.165, 1.54) is 36.4 Å². The molecule has 3 unspecified atom stereocenters. The molecule has 3 atom stereocenters. The number of benzene rings is 4. The van der Waals surface area contributed by atoms with Gasteiger partial charge in [0.25, 0.3) is 0 Å². The van der Waals surface area contributed by atoms with Crippen molar-refractivity contribution in [1.29, 1.82) is 0 Å². The molecular formula is C30H22Cl2F4N2O4S. The largest absolute Gasteiger partial charge is 0.481 e. The van der Waals surface area contributed by atoms with Crippen LogP contribution < -0.4 is 11.1 Å². The Balaban J connectivity index is 0.000000208. The number of carbonyl (C=O) groups excluding carboxylic acids is 1. The van der Waals surface area contributed by atoms with Gasteiger partial charge in [0.15, 0.2) is 23.3 Å². The molecule has 1 amide bonds. The molecule has 6 nitrogen and oxygen atoms in total. The second-order valence-corrected chi connectivity index (χ2v) is 11.5. The first-order valence-corrected chi connectivity index (χ1v) is 14.2. The highest BCUT2D eigenvalue weighted by Crippen LogP contribution is 2.46. The molecule has 224 valence electrons. The first kappa shape index (κ1) is 32.2. The van der Waals surface area contributed by atoms with Crippen LogP contribution in [0.4, 0.5) is 28.9 Å². The summed E-state index contributed by atoms with van der Waals surface area (Å²) in [5.41, 5.74) is 6.92. The molecule has 1 aliphatic rings. The van der Waals surface area contributed by atoms with Crippen LogP contribution in [0.3, 0.4) is 0 Å². The van der Waals surface area contributed by atoms with Crippen LogP contribution in [0.2, 0.25) is 10.0 Å². The molecule has 0 saturated heterocycles. The normalized spacial score (nSPS) is 16.7. The van der Waals surface area contributed by atoms with Crippen LogP contribution >= 0.6 is 35.0 Å². The zero-order valence-corrected chi connectivity index (χ0v) is 24.2. The van der Waals surface area contributed by atoms with E-state index in [9.17, 15) is 32.3 Å². The van der Waals surface area contributed by atoms with Crippen molar-refractivity contribution in [2.45, 2.75) is 23.0 Å². The van der Waals surface area contributed by atoms with Crippen LogP contribution in [-0.4, -0.2) is 27.3 Å². The van der Waals surface area contributed by atoms with Gasteiger partial charge in [-0.15, -0.1) is 11.8 Å². The first-order chi connectivity index (χ1) is 20.4. The molecule has 1 heterocycles. The van der Waals surface area contributed by atoms with Crippen molar-refractivity contribution >= 4 is 58.2 Å². The fourth-order valence-electron chi connectivity index (χ4n) is 4.32. The Hall–Kier alpha value is -3.77. The molecule has 1 aliphatic heterocycles. The number of aliphatic hydroxyl groups is 1. The molecule has 0 fully saturated rings. The Morgan fingerprint density at radius 1 is 0.884 bits per heavy atom. The minimum atomic E-state index is -1.36. The van der Waals surface area contributed by atoms with Gasteiger partial charge in [0.1, 0.15) is 6.10 Å². The fourth-order valence-corrected chi connectivity index (χ4v) is 6.10. The van der Waals surface area contributed by atoms with Gasteiger partial charge in [0.2, 0.25) is 5.91 Å². The zero-order valence-electron chi connectivity index (χ0n) is 21.8. The summed E-state index contributed by atoms with van der Waals surface area (Å²) in [6.07, 6.45) is -1.80. The monoisotopic (exact) mass is 652 g/mol. The standard InChI is InChI=1S/C17H12ClF2NO3S.C13H10ClF2NO/c18-8-4-5-12-10(6-8)16(9-2-1-3-11(19)15(9)20)25-13(7-14(22)23)17(24)21-12;14-7-4-5-11(17)9(6-7)13(18)8-2-1-3-10(15)12(8)16/h1-6,13,16H,7H2,(H,21,24)(H,22,23);1-6,13,18H,17H2. The SMILES string of the molecule is Nc1ccc(Cl)cc1C(O)c1cccc(F)c1F.O=C(O)CC1SC(c2cccc(F)c2F)c2cc(Cl)ccc2NC1=O. The van der Waals surface area contributed by atoms with Gasteiger partial charge in [-0.05, 0) is 54.1 Å². The molecule has 13 heteroatoms. The van der Waals surface area contributed by atoms with Crippen molar-refractivity contribution in [3.05, 3.63) is 128 Å². The number of nitrogens with two attached hydrogens (primary N) is 1. The molecule has 5 N–H and O–H groups in total. The second-order valence-electron chi connectivity index (χ2n) is 9.29. The molecule has 0 aliphatic carbocycles. The van der Waals surface area contributed by atoms with Crippen molar-refractivity contribution < 1.29 is 37.4 Å². The van der Waals surface area contributed by atoms with Crippen LogP contribution in [0, 0.1) is 23.3 Å². The molecule has 0 spiro atoms. The molecule has 0 bridgehead atoms. The molecule has 0 saturated carbocycles. The average molecular weight is 653 g/mol. The van der Waals surface area contributed by atoms with Crippen molar-refractivity contribution in [2.75, 3.05) is 11.1 Å². The number of rotatable bonds is 5. The number of halogens is 6. The maximum absolute atomic E-state index is 14.4. The second kappa shape index (κ2) is 13.7. The third kappa shape index (κ3) is 7.42. The summed E-state index contributed by atoms with van der Waals surface area (Å²) < 4.78 is 54.7. The van der Waals surface area contributed by atoms with E-state index in [0.29, 0.717) is 21.3 Å². The van der Waals surface area contributed by atoms with Crippen LogP contribution in [0.15, 0.2) is 72.8 Å². The lowest BCUT2D eigenvalue weighted by atomic mass is 9.99. The molecule has 43 heavy (non-hydrogen) atoms. The number of thioether (sulfide) groups is 1. The van der Waals surface area contributed by atoms with Gasteiger partial charge < -0.3 is 21.3 Å². The Kier molecular flexibility index (Phi) is 10.2. The third-order valence-corrected chi connectivity index (χ3v) is 8.35. The summed E-state index contributed by atoms with van der Waals surface area (Å²) in [6, 6.07) is 16.5. The van der Waals surface area contributed by atoms with Gasteiger partial charge >= 0.3 is 5.97 Å². The van der Waals surface area contributed by atoms with E-state index in [2.05, 4.69) is 5.32 Å².